The minimum absolute atomic E-state index is 0.0279. The highest BCUT2D eigenvalue weighted by molar-refractivity contribution is 8.00. The van der Waals surface area contributed by atoms with Gasteiger partial charge in [-0.25, -0.2) is 0 Å². The van der Waals surface area contributed by atoms with Crippen LogP contribution in [0.4, 0.5) is 0 Å². The van der Waals surface area contributed by atoms with Crippen LogP contribution < -0.4 is 11.1 Å². The minimum Gasteiger partial charge on any atom is -0.355 e. The summed E-state index contributed by atoms with van der Waals surface area (Å²) < 4.78 is 0. The maximum Gasteiger partial charge on any atom is 0.232 e. The summed E-state index contributed by atoms with van der Waals surface area (Å²) in [4.78, 5) is 11.4. The van der Waals surface area contributed by atoms with Crippen LogP contribution in [0.25, 0.3) is 0 Å². The Balaban J connectivity index is 3.42. The molecule has 84 valence electrons. The largest absolute Gasteiger partial charge is 0.355 e. The van der Waals surface area contributed by atoms with Gasteiger partial charge < -0.3 is 11.1 Å². The van der Waals surface area contributed by atoms with Crippen LogP contribution in [0.1, 0.15) is 33.1 Å². The van der Waals surface area contributed by atoms with Gasteiger partial charge in [-0.1, -0.05) is 19.8 Å². The number of rotatable bonds is 8. The van der Waals surface area contributed by atoms with E-state index >= 15 is 0 Å². The standard InChI is InChI=1S/C10H22N2OS/c1-3-4-5-7-12-10(13)9(2)14-8-6-11/h9H,3-8,11H2,1-2H3,(H,12,13). The Morgan fingerprint density at radius 1 is 1.50 bits per heavy atom. The van der Waals surface area contributed by atoms with E-state index in [2.05, 4.69) is 12.2 Å². The van der Waals surface area contributed by atoms with Crippen molar-refractivity contribution < 1.29 is 4.79 Å². The first kappa shape index (κ1) is 13.8. The molecule has 0 saturated heterocycles. The lowest BCUT2D eigenvalue weighted by Gasteiger charge is -2.10. The Morgan fingerprint density at radius 3 is 2.79 bits per heavy atom. The fourth-order valence-electron chi connectivity index (χ4n) is 1.05. The van der Waals surface area contributed by atoms with Crippen molar-refractivity contribution in [2.45, 2.75) is 38.4 Å². The summed E-state index contributed by atoms with van der Waals surface area (Å²) in [5.41, 5.74) is 5.36. The topological polar surface area (TPSA) is 55.1 Å². The number of nitrogens with two attached hydrogens (primary N) is 1. The highest BCUT2D eigenvalue weighted by Crippen LogP contribution is 2.08. The number of thioether (sulfide) groups is 1. The van der Waals surface area contributed by atoms with Crippen LogP contribution in [0.5, 0.6) is 0 Å². The fourth-order valence-corrected chi connectivity index (χ4v) is 1.78. The lowest BCUT2D eigenvalue weighted by Crippen LogP contribution is -2.32. The molecule has 0 saturated carbocycles. The number of hydrogen-bond donors (Lipinski definition) is 2. The van der Waals surface area contributed by atoms with E-state index in [1.165, 1.54) is 12.8 Å². The van der Waals surface area contributed by atoms with Crippen LogP contribution in [0.15, 0.2) is 0 Å². The maximum atomic E-state index is 11.4. The monoisotopic (exact) mass is 218 g/mol. The van der Waals surface area contributed by atoms with Gasteiger partial charge in [0, 0.05) is 18.8 Å². The SMILES string of the molecule is CCCCCNC(=O)C(C)SCCN. The maximum absolute atomic E-state index is 11.4. The molecule has 0 aliphatic carbocycles. The Morgan fingerprint density at radius 2 is 2.21 bits per heavy atom. The minimum atomic E-state index is 0.0279. The van der Waals surface area contributed by atoms with Crippen molar-refractivity contribution in [3.8, 4) is 0 Å². The third-order valence-electron chi connectivity index (χ3n) is 1.93. The van der Waals surface area contributed by atoms with E-state index in [4.69, 9.17) is 5.73 Å². The normalized spacial score (nSPS) is 12.5. The number of nitrogens with one attached hydrogen (secondary N) is 1. The first-order valence-corrected chi connectivity index (χ1v) is 6.36. The van der Waals surface area contributed by atoms with Gasteiger partial charge in [-0.2, -0.15) is 0 Å². The van der Waals surface area contributed by atoms with Crippen LogP contribution in [0.3, 0.4) is 0 Å². The first-order valence-electron chi connectivity index (χ1n) is 5.31. The Hall–Kier alpha value is -0.220. The predicted molar refractivity (Wildman–Crippen MR) is 63.5 cm³/mol. The highest BCUT2D eigenvalue weighted by Gasteiger charge is 2.11. The third kappa shape index (κ3) is 7.21. The summed E-state index contributed by atoms with van der Waals surface area (Å²) in [5, 5.41) is 2.95. The van der Waals surface area contributed by atoms with E-state index in [1.807, 2.05) is 6.92 Å². The van der Waals surface area contributed by atoms with E-state index in [9.17, 15) is 4.79 Å². The lowest BCUT2D eigenvalue weighted by atomic mass is 10.2. The van der Waals surface area contributed by atoms with Crippen molar-refractivity contribution in [1.82, 2.24) is 5.32 Å². The van der Waals surface area contributed by atoms with Crippen LogP contribution in [0, 0.1) is 0 Å². The summed E-state index contributed by atoms with van der Waals surface area (Å²) >= 11 is 1.61. The van der Waals surface area contributed by atoms with Crippen molar-refractivity contribution in [3.05, 3.63) is 0 Å². The van der Waals surface area contributed by atoms with Crippen LogP contribution in [-0.4, -0.2) is 30.0 Å². The van der Waals surface area contributed by atoms with Gasteiger partial charge in [0.05, 0.1) is 5.25 Å². The van der Waals surface area contributed by atoms with Gasteiger partial charge in [-0.05, 0) is 13.3 Å². The number of unbranched alkanes of at least 4 members (excludes halogenated alkanes) is 2. The molecule has 4 heteroatoms. The quantitative estimate of drug-likeness (QED) is 0.605. The second-order valence-electron chi connectivity index (χ2n) is 3.30. The average molecular weight is 218 g/mol. The molecule has 0 aromatic carbocycles. The van der Waals surface area contributed by atoms with Gasteiger partial charge >= 0.3 is 0 Å². The fraction of sp³-hybridized carbons (Fsp3) is 0.900. The zero-order valence-corrected chi connectivity index (χ0v) is 10.0. The van der Waals surface area contributed by atoms with Crippen molar-refractivity contribution in [3.63, 3.8) is 0 Å². The number of amides is 1. The summed E-state index contributed by atoms with van der Waals surface area (Å²) in [5.74, 6) is 0.989. The van der Waals surface area contributed by atoms with E-state index in [1.54, 1.807) is 11.8 Å². The predicted octanol–water partition coefficient (Wildman–Crippen LogP) is 1.37. The smallest absolute Gasteiger partial charge is 0.232 e. The second-order valence-corrected chi connectivity index (χ2v) is 4.75. The highest BCUT2D eigenvalue weighted by atomic mass is 32.2. The molecule has 14 heavy (non-hydrogen) atoms. The summed E-state index contributed by atoms with van der Waals surface area (Å²) in [6.07, 6.45) is 3.45. The van der Waals surface area contributed by atoms with Crippen LogP contribution in [-0.2, 0) is 4.79 Å². The molecule has 0 bridgehead atoms. The molecule has 3 nitrogen and oxygen atoms in total. The number of carbonyl (C=O) groups excluding carboxylic acids is 1. The number of carbonyl (C=O) groups is 1. The molecule has 0 rings (SSSR count). The van der Waals surface area contributed by atoms with Crippen LogP contribution >= 0.6 is 11.8 Å². The summed E-state index contributed by atoms with van der Waals surface area (Å²) in [6, 6.07) is 0. The third-order valence-corrected chi connectivity index (χ3v) is 3.12. The molecule has 3 N–H and O–H groups in total. The molecule has 0 aliphatic heterocycles. The lowest BCUT2D eigenvalue weighted by molar-refractivity contribution is -0.120. The van der Waals surface area contributed by atoms with E-state index in [0.717, 1.165) is 18.7 Å². The van der Waals surface area contributed by atoms with Crippen molar-refractivity contribution >= 4 is 17.7 Å². The van der Waals surface area contributed by atoms with Gasteiger partial charge in [-0.15, -0.1) is 11.8 Å². The molecule has 0 aromatic heterocycles. The zero-order chi connectivity index (χ0) is 10.8. The Labute approximate surface area is 91.2 Å². The van der Waals surface area contributed by atoms with Gasteiger partial charge in [0.2, 0.25) is 5.91 Å². The van der Waals surface area contributed by atoms with Gasteiger partial charge in [0.15, 0.2) is 0 Å². The molecule has 0 aliphatic rings. The molecule has 0 aromatic rings. The van der Waals surface area contributed by atoms with E-state index in [-0.39, 0.29) is 11.2 Å². The number of hydrogen-bond acceptors (Lipinski definition) is 3. The first-order chi connectivity index (χ1) is 6.72. The van der Waals surface area contributed by atoms with Crippen molar-refractivity contribution in [2.75, 3.05) is 18.8 Å². The average Bonchev–Trinajstić information content (AvgIpc) is 2.20. The molecular formula is C10H22N2OS. The Bertz CT molecular complexity index is 153. The molecular weight excluding hydrogens is 196 g/mol. The molecule has 1 unspecified atom stereocenters. The van der Waals surface area contributed by atoms with Gasteiger partial charge in [-0.3, -0.25) is 4.79 Å². The summed E-state index contributed by atoms with van der Waals surface area (Å²) in [6.45, 7) is 5.52. The molecule has 0 fully saturated rings. The van der Waals surface area contributed by atoms with Crippen LogP contribution in [0.2, 0.25) is 0 Å². The van der Waals surface area contributed by atoms with E-state index < -0.39 is 0 Å². The van der Waals surface area contributed by atoms with Crippen molar-refractivity contribution in [1.29, 1.82) is 0 Å². The van der Waals surface area contributed by atoms with Gasteiger partial charge in [0.25, 0.3) is 0 Å². The molecule has 1 amide bonds. The second kappa shape index (κ2) is 9.34. The molecule has 0 spiro atoms. The Kier molecular flexibility index (Phi) is 9.19. The van der Waals surface area contributed by atoms with E-state index in [0.29, 0.717) is 6.54 Å². The van der Waals surface area contributed by atoms with Crippen molar-refractivity contribution in [2.24, 2.45) is 5.73 Å². The molecule has 0 radical (unpaired) electrons. The summed E-state index contributed by atoms with van der Waals surface area (Å²) in [7, 11) is 0. The van der Waals surface area contributed by atoms with Gasteiger partial charge in [0.1, 0.15) is 0 Å². The molecule has 1 atom stereocenters. The zero-order valence-electron chi connectivity index (χ0n) is 9.21. The molecule has 0 heterocycles.